The quantitative estimate of drug-likeness (QED) is 0.270. The van der Waals surface area contributed by atoms with Crippen LogP contribution in [-0.2, 0) is 0 Å². The summed E-state index contributed by atoms with van der Waals surface area (Å²) in [6.45, 7) is 41.4. The fourth-order valence-electron chi connectivity index (χ4n) is 1.30. The fourth-order valence-corrected chi connectivity index (χ4v) is 1.30. The van der Waals surface area contributed by atoms with Crippen molar-refractivity contribution in [2.24, 2.45) is 27.6 Å². The molecule has 0 aromatic carbocycles. The average Bonchev–Trinajstić information content (AvgIpc) is 2.61. The van der Waals surface area contributed by atoms with Crippen LogP contribution >= 0.6 is 0 Å². The average molecular weight is 495 g/mol. The minimum atomic E-state index is 0. The minimum Gasteiger partial charge on any atom is -0.103 e. The van der Waals surface area contributed by atoms with Crippen LogP contribution in [0.5, 0.6) is 0 Å². The lowest BCUT2D eigenvalue weighted by molar-refractivity contribution is 0.469. The number of hydrogen-bond donors (Lipinski definition) is 0. The van der Waals surface area contributed by atoms with Crippen molar-refractivity contribution in [1.82, 2.24) is 0 Å². The molecule has 0 bridgehead atoms. The van der Waals surface area contributed by atoms with Gasteiger partial charge in [-0.2, -0.15) is 0 Å². The normalized spacial score (nSPS) is 11.3. The molecule has 214 valence electrons. The third-order valence-electron chi connectivity index (χ3n) is 3.16. The van der Waals surface area contributed by atoms with Gasteiger partial charge in [-0.25, -0.2) is 0 Å². The van der Waals surface area contributed by atoms with E-state index in [4.69, 9.17) is 0 Å². The zero-order valence-corrected chi connectivity index (χ0v) is 27.7. The topological polar surface area (TPSA) is 0 Å². The molecule has 0 saturated carbocycles. The van der Waals surface area contributed by atoms with E-state index in [1.54, 1.807) is 0 Å². The van der Waals surface area contributed by atoms with E-state index >= 15 is 0 Å². The molecule has 0 heterocycles. The van der Waals surface area contributed by atoms with Gasteiger partial charge in [0.1, 0.15) is 0 Å². The first-order chi connectivity index (χ1) is 15.0. The molecule has 0 aliphatic heterocycles. The highest BCUT2D eigenvalue weighted by Gasteiger charge is 2.02. The summed E-state index contributed by atoms with van der Waals surface area (Å²) in [5, 5.41) is 0. The summed E-state index contributed by atoms with van der Waals surface area (Å²) in [5.74, 6) is 7.04. The molecular formula is C35H74. The van der Waals surface area contributed by atoms with Crippen LogP contribution in [0.1, 0.15) is 165 Å². The van der Waals surface area contributed by atoms with Crippen LogP contribution < -0.4 is 0 Å². The van der Waals surface area contributed by atoms with Crippen LogP contribution in [0.4, 0.5) is 0 Å². The monoisotopic (exact) mass is 495 g/mol. The van der Waals surface area contributed by atoms with Gasteiger partial charge in [0.2, 0.25) is 0 Å². The van der Waals surface area contributed by atoms with E-state index in [0.717, 1.165) is 25.2 Å². The van der Waals surface area contributed by atoms with E-state index in [9.17, 15) is 0 Å². The molecule has 0 nitrogen and oxygen atoms in total. The Morgan fingerprint density at radius 3 is 0.914 bits per heavy atom. The Balaban J connectivity index is -0.0000000757. The van der Waals surface area contributed by atoms with E-state index in [1.165, 1.54) is 6.42 Å². The first kappa shape index (κ1) is 47.3. The van der Waals surface area contributed by atoms with Crippen LogP contribution in [0, 0.1) is 39.4 Å². The first-order valence-electron chi connectivity index (χ1n) is 13.8. The molecule has 0 rings (SSSR count). The van der Waals surface area contributed by atoms with Crippen LogP contribution in [0.15, 0.2) is 24.3 Å². The Hall–Kier alpha value is -0.960. The van der Waals surface area contributed by atoms with Crippen molar-refractivity contribution in [3.8, 4) is 11.8 Å². The minimum absolute atomic E-state index is 0. The molecule has 0 N–H and O–H groups in total. The van der Waals surface area contributed by atoms with Crippen molar-refractivity contribution >= 4 is 0 Å². The molecule has 0 aromatic heterocycles. The van der Waals surface area contributed by atoms with Crippen molar-refractivity contribution in [2.45, 2.75) is 165 Å². The van der Waals surface area contributed by atoms with Crippen molar-refractivity contribution in [1.29, 1.82) is 0 Å². The lowest BCUT2D eigenvalue weighted by Crippen LogP contribution is -1.98. The summed E-state index contributed by atoms with van der Waals surface area (Å²) >= 11 is 0. The maximum absolute atomic E-state index is 3.12. The van der Waals surface area contributed by atoms with E-state index in [2.05, 4.69) is 168 Å². The maximum Gasteiger partial charge on any atom is 0.0230 e. The highest BCUT2D eigenvalue weighted by molar-refractivity contribution is 5.06. The third kappa shape index (κ3) is 124. The number of allylic oxidation sites excluding steroid dienone is 4. The molecule has 0 spiro atoms. The first-order valence-corrected chi connectivity index (χ1v) is 13.8. The van der Waals surface area contributed by atoms with Crippen molar-refractivity contribution < 1.29 is 0 Å². The molecule has 0 saturated heterocycles. The van der Waals surface area contributed by atoms with Gasteiger partial charge < -0.3 is 0 Å². The second kappa shape index (κ2) is 26.1. The van der Waals surface area contributed by atoms with Gasteiger partial charge in [0.25, 0.3) is 0 Å². The SMILES string of the molecule is C.CC(C)(C)C.CC/C=C/C(C)(C)C.CC/C=C\C(C)(C)C.CCC#CC(C)(C)C.CCC(C)C. The summed E-state index contributed by atoms with van der Waals surface area (Å²) < 4.78 is 0. The zero-order valence-electron chi connectivity index (χ0n) is 27.7. The Kier molecular flexibility index (Phi) is 35.3. The third-order valence-corrected chi connectivity index (χ3v) is 3.16. The van der Waals surface area contributed by atoms with E-state index in [1.807, 2.05) is 0 Å². The molecule has 0 radical (unpaired) electrons. The number of hydrogen-bond acceptors (Lipinski definition) is 0. The highest BCUT2D eigenvalue weighted by Crippen LogP contribution is 2.15. The molecular weight excluding hydrogens is 420 g/mol. The van der Waals surface area contributed by atoms with Crippen LogP contribution in [0.25, 0.3) is 0 Å². The Labute approximate surface area is 228 Å². The lowest BCUT2D eigenvalue weighted by atomic mass is 9.96. The second-order valence-electron chi connectivity index (χ2n) is 14.1. The van der Waals surface area contributed by atoms with Gasteiger partial charge in [0.15, 0.2) is 0 Å². The lowest BCUT2D eigenvalue weighted by Gasteiger charge is -2.10. The molecule has 0 atom stereocenters. The van der Waals surface area contributed by atoms with Gasteiger partial charge in [0, 0.05) is 11.8 Å². The molecule has 0 amide bonds. The van der Waals surface area contributed by atoms with Gasteiger partial charge in [-0.3, -0.25) is 0 Å². The summed E-state index contributed by atoms with van der Waals surface area (Å²) in [6, 6.07) is 0. The summed E-state index contributed by atoms with van der Waals surface area (Å²) in [4.78, 5) is 0. The Bertz CT molecular complexity index is 472. The number of rotatable bonds is 3. The van der Waals surface area contributed by atoms with Gasteiger partial charge in [0.05, 0.1) is 0 Å². The molecule has 0 aromatic rings. The molecule has 0 aliphatic rings. The van der Waals surface area contributed by atoms with Crippen LogP contribution in [0.3, 0.4) is 0 Å². The van der Waals surface area contributed by atoms with Crippen molar-refractivity contribution in [3.63, 3.8) is 0 Å². The molecule has 35 heavy (non-hydrogen) atoms. The summed E-state index contributed by atoms with van der Waals surface area (Å²) in [5.41, 5.74) is 1.43. The Morgan fingerprint density at radius 1 is 0.600 bits per heavy atom. The maximum atomic E-state index is 3.12. The van der Waals surface area contributed by atoms with E-state index < -0.39 is 0 Å². The molecule has 0 unspecified atom stereocenters. The van der Waals surface area contributed by atoms with Crippen LogP contribution in [-0.4, -0.2) is 0 Å². The Morgan fingerprint density at radius 2 is 0.857 bits per heavy atom. The second-order valence-corrected chi connectivity index (χ2v) is 14.1. The molecule has 0 heteroatoms. The predicted octanol–water partition coefficient (Wildman–Crippen LogP) is 13.2. The standard InChI is InChI=1S/2C8H16.C8H14.2C5H12.CH4/c3*1-5-6-7-8(2,3)4;1-5(2,3)4;1-4-5(2)3;/h2*6-7H,5H2,1-4H3;5H2,1-4H3;1-4H3;5H,4H2,1-3H3;1H4/b7-6+;7-6-;;;;. The summed E-state index contributed by atoms with van der Waals surface area (Å²) in [7, 11) is 0. The molecule has 0 fully saturated rings. The van der Waals surface area contributed by atoms with Crippen LogP contribution in [0.2, 0.25) is 0 Å². The highest BCUT2D eigenvalue weighted by atomic mass is 14.1. The smallest absolute Gasteiger partial charge is 0.0230 e. The molecule has 0 aliphatic carbocycles. The van der Waals surface area contributed by atoms with Gasteiger partial charge in [-0.1, -0.05) is 155 Å². The van der Waals surface area contributed by atoms with Crippen molar-refractivity contribution in [2.75, 3.05) is 0 Å². The zero-order chi connectivity index (χ0) is 28.6. The van der Waals surface area contributed by atoms with Gasteiger partial charge in [-0.15, -0.1) is 5.92 Å². The predicted molar refractivity (Wildman–Crippen MR) is 172 cm³/mol. The fraction of sp³-hybridized carbons (Fsp3) is 0.829. The summed E-state index contributed by atoms with van der Waals surface area (Å²) in [6.07, 6.45) is 13.5. The van der Waals surface area contributed by atoms with Gasteiger partial charge in [-0.05, 0) is 55.8 Å². The van der Waals surface area contributed by atoms with E-state index in [0.29, 0.717) is 16.2 Å². The largest absolute Gasteiger partial charge is 0.103 e. The van der Waals surface area contributed by atoms with Gasteiger partial charge >= 0.3 is 0 Å². The van der Waals surface area contributed by atoms with Crippen molar-refractivity contribution in [3.05, 3.63) is 24.3 Å². The van der Waals surface area contributed by atoms with E-state index in [-0.39, 0.29) is 12.8 Å².